The maximum atomic E-state index is 10.6. The number of hydrogen-bond acceptors (Lipinski definition) is 2. The van der Waals surface area contributed by atoms with E-state index < -0.39 is 0 Å². The van der Waals surface area contributed by atoms with Crippen LogP contribution in [0, 0.1) is 0 Å². The van der Waals surface area contributed by atoms with Crippen LogP contribution in [-0.2, 0) is 9.53 Å². The molecule has 0 fully saturated rings. The Morgan fingerprint density at radius 2 is 2.18 bits per heavy atom. The van der Waals surface area contributed by atoms with Gasteiger partial charge in [0.15, 0.2) is 0 Å². The summed E-state index contributed by atoms with van der Waals surface area (Å²) < 4.78 is 4.47. The van der Waals surface area contributed by atoms with E-state index in [1.165, 1.54) is 20.0 Å². The number of carbonyl (C=O) groups is 1. The number of rotatable bonds is 5. The zero-order valence-corrected chi connectivity index (χ0v) is 7.30. The van der Waals surface area contributed by atoms with Crippen LogP contribution in [0.2, 0.25) is 0 Å². The van der Waals surface area contributed by atoms with Crippen molar-refractivity contribution in [3.05, 3.63) is 12.2 Å². The van der Waals surface area contributed by atoms with Gasteiger partial charge in [0, 0.05) is 0 Å². The summed E-state index contributed by atoms with van der Waals surface area (Å²) >= 11 is 0. The second-order valence-electron chi connectivity index (χ2n) is 2.39. The van der Waals surface area contributed by atoms with Crippen LogP contribution in [-0.4, -0.2) is 13.1 Å². The molecule has 11 heavy (non-hydrogen) atoms. The topological polar surface area (TPSA) is 26.3 Å². The van der Waals surface area contributed by atoms with Crippen LogP contribution in [0.25, 0.3) is 0 Å². The zero-order chi connectivity index (χ0) is 8.53. The van der Waals surface area contributed by atoms with Gasteiger partial charge in [0.1, 0.15) is 0 Å². The average Bonchev–Trinajstić information content (AvgIpc) is 2.04. The fraction of sp³-hybridized carbons (Fsp3) is 0.667. The van der Waals surface area contributed by atoms with E-state index in [0.29, 0.717) is 6.42 Å². The Kier molecular flexibility index (Phi) is 6.79. The van der Waals surface area contributed by atoms with E-state index in [-0.39, 0.29) is 5.97 Å². The first-order valence-corrected chi connectivity index (χ1v) is 4.03. The molecular formula is C9H16O2. The fourth-order valence-electron chi connectivity index (χ4n) is 0.703. The predicted molar refractivity (Wildman–Crippen MR) is 45.3 cm³/mol. The second kappa shape index (κ2) is 7.32. The maximum absolute atomic E-state index is 10.6. The van der Waals surface area contributed by atoms with Crippen LogP contribution in [0.1, 0.15) is 32.6 Å². The van der Waals surface area contributed by atoms with Gasteiger partial charge in [-0.15, -0.1) is 0 Å². The molecule has 0 aromatic carbocycles. The van der Waals surface area contributed by atoms with Crippen molar-refractivity contribution in [1.82, 2.24) is 0 Å². The van der Waals surface area contributed by atoms with Crippen LogP contribution < -0.4 is 0 Å². The van der Waals surface area contributed by atoms with Gasteiger partial charge in [-0.1, -0.05) is 31.9 Å². The quantitative estimate of drug-likeness (QED) is 0.347. The summed E-state index contributed by atoms with van der Waals surface area (Å²) in [6, 6.07) is 0. The molecule has 0 saturated carbocycles. The number of esters is 1. The van der Waals surface area contributed by atoms with Crippen molar-refractivity contribution in [2.24, 2.45) is 0 Å². The largest absolute Gasteiger partial charge is 0.469 e. The molecule has 0 rings (SSSR count). The minimum absolute atomic E-state index is 0.169. The van der Waals surface area contributed by atoms with Gasteiger partial charge < -0.3 is 4.74 Å². The Balaban J connectivity index is 3.22. The van der Waals surface area contributed by atoms with E-state index >= 15 is 0 Å². The van der Waals surface area contributed by atoms with Crippen molar-refractivity contribution < 1.29 is 9.53 Å². The fourth-order valence-corrected chi connectivity index (χ4v) is 0.703. The number of unbranched alkanes of at least 4 members (excludes halogenated alkanes) is 2. The van der Waals surface area contributed by atoms with E-state index in [0.717, 1.165) is 6.42 Å². The van der Waals surface area contributed by atoms with Gasteiger partial charge in [0.2, 0.25) is 0 Å². The normalized spacial score (nSPS) is 10.4. The van der Waals surface area contributed by atoms with E-state index in [2.05, 4.69) is 11.7 Å². The first kappa shape index (κ1) is 10.2. The van der Waals surface area contributed by atoms with Gasteiger partial charge in [-0.05, 0) is 6.42 Å². The summed E-state index contributed by atoms with van der Waals surface area (Å²) in [6.07, 6.45) is 7.75. The number of carbonyl (C=O) groups excluding carboxylic acids is 1. The van der Waals surface area contributed by atoms with Crippen molar-refractivity contribution in [3.63, 3.8) is 0 Å². The lowest BCUT2D eigenvalue weighted by atomic mass is 10.2. The molecule has 0 atom stereocenters. The summed E-state index contributed by atoms with van der Waals surface area (Å²) in [5.74, 6) is -0.169. The molecule has 0 aromatic rings. The minimum atomic E-state index is -0.169. The first-order chi connectivity index (χ1) is 5.31. The molecule has 0 N–H and O–H groups in total. The molecule has 2 heteroatoms. The van der Waals surface area contributed by atoms with Crippen molar-refractivity contribution >= 4 is 5.97 Å². The van der Waals surface area contributed by atoms with Gasteiger partial charge in [-0.3, -0.25) is 4.79 Å². The molecule has 0 spiro atoms. The molecule has 0 saturated heterocycles. The maximum Gasteiger partial charge on any atom is 0.309 e. The summed E-state index contributed by atoms with van der Waals surface area (Å²) in [5, 5.41) is 0. The van der Waals surface area contributed by atoms with E-state index in [1.807, 2.05) is 12.2 Å². The highest BCUT2D eigenvalue weighted by Gasteiger charge is 1.92. The summed E-state index contributed by atoms with van der Waals surface area (Å²) in [5.41, 5.74) is 0. The van der Waals surface area contributed by atoms with E-state index in [1.54, 1.807) is 0 Å². The number of ether oxygens (including phenoxy) is 1. The SMILES string of the molecule is CCCC/C=C\CC(=O)OC. The number of methoxy groups -OCH3 is 1. The Morgan fingerprint density at radius 3 is 2.73 bits per heavy atom. The summed E-state index contributed by atoms with van der Waals surface area (Å²) in [6.45, 7) is 2.15. The molecule has 0 bridgehead atoms. The highest BCUT2D eigenvalue weighted by atomic mass is 16.5. The molecule has 0 aliphatic rings. The summed E-state index contributed by atoms with van der Waals surface area (Å²) in [7, 11) is 1.40. The lowest BCUT2D eigenvalue weighted by molar-refractivity contribution is -0.139. The van der Waals surface area contributed by atoms with E-state index in [4.69, 9.17) is 0 Å². The molecule has 0 amide bonds. The summed E-state index contributed by atoms with van der Waals surface area (Å²) in [4.78, 5) is 10.6. The van der Waals surface area contributed by atoms with Crippen molar-refractivity contribution in [1.29, 1.82) is 0 Å². The first-order valence-electron chi connectivity index (χ1n) is 4.03. The van der Waals surface area contributed by atoms with Gasteiger partial charge in [-0.2, -0.15) is 0 Å². The van der Waals surface area contributed by atoms with Gasteiger partial charge in [0.05, 0.1) is 13.5 Å². The second-order valence-corrected chi connectivity index (χ2v) is 2.39. The minimum Gasteiger partial charge on any atom is -0.469 e. The van der Waals surface area contributed by atoms with Crippen LogP contribution in [0.3, 0.4) is 0 Å². The Hall–Kier alpha value is -0.790. The van der Waals surface area contributed by atoms with Crippen LogP contribution in [0.15, 0.2) is 12.2 Å². The molecule has 0 aliphatic heterocycles. The molecule has 0 radical (unpaired) electrons. The van der Waals surface area contributed by atoms with Crippen LogP contribution in [0.4, 0.5) is 0 Å². The lowest BCUT2D eigenvalue weighted by Crippen LogP contribution is -1.96. The lowest BCUT2D eigenvalue weighted by Gasteiger charge is -1.91. The molecule has 0 heterocycles. The predicted octanol–water partition coefficient (Wildman–Crippen LogP) is 2.30. The smallest absolute Gasteiger partial charge is 0.309 e. The third-order valence-electron chi connectivity index (χ3n) is 1.40. The van der Waals surface area contributed by atoms with Gasteiger partial charge in [0.25, 0.3) is 0 Å². The van der Waals surface area contributed by atoms with Crippen LogP contribution >= 0.6 is 0 Å². The van der Waals surface area contributed by atoms with Crippen LogP contribution in [0.5, 0.6) is 0 Å². The highest BCUT2D eigenvalue weighted by molar-refractivity contribution is 5.70. The van der Waals surface area contributed by atoms with Crippen molar-refractivity contribution in [2.45, 2.75) is 32.6 Å². The molecule has 64 valence electrons. The monoisotopic (exact) mass is 156 g/mol. The Bertz CT molecular complexity index is 128. The molecule has 0 aliphatic carbocycles. The molecule has 2 nitrogen and oxygen atoms in total. The van der Waals surface area contributed by atoms with Gasteiger partial charge in [-0.25, -0.2) is 0 Å². The highest BCUT2D eigenvalue weighted by Crippen LogP contribution is 1.96. The zero-order valence-electron chi connectivity index (χ0n) is 7.30. The average molecular weight is 156 g/mol. The number of allylic oxidation sites excluding steroid dienone is 1. The van der Waals surface area contributed by atoms with Crippen molar-refractivity contribution in [3.8, 4) is 0 Å². The Morgan fingerprint density at radius 1 is 1.45 bits per heavy atom. The van der Waals surface area contributed by atoms with Crippen molar-refractivity contribution in [2.75, 3.05) is 7.11 Å². The standard InChI is InChI=1S/C9H16O2/c1-3-4-5-6-7-8-9(10)11-2/h6-7H,3-5,8H2,1-2H3/b7-6-. The molecular weight excluding hydrogens is 140 g/mol. The molecule has 0 unspecified atom stereocenters. The van der Waals surface area contributed by atoms with E-state index in [9.17, 15) is 4.79 Å². The third-order valence-corrected chi connectivity index (χ3v) is 1.40. The Labute approximate surface area is 68.2 Å². The van der Waals surface area contributed by atoms with Gasteiger partial charge >= 0.3 is 5.97 Å². The number of hydrogen-bond donors (Lipinski definition) is 0. The molecule has 0 aromatic heterocycles. The third kappa shape index (κ3) is 7.10.